The molecule has 0 heterocycles. The van der Waals surface area contributed by atoms with Gasteiger partial charge in [0.25, 0.3) is 0 Å². The van der Waals surface area contributed by atoms with Crippen LogP contribution in [0.2, 0.25) is 0 Å². The second-order valence-electron chi connectivity index (χ2n) is 4.50. The molecule has 0 saturated carbocycles. The Bertz CT molecular complexity index is 390. The summed E-state index contributed by atoms with van der Waals surface area (Å²) in [4.78, 5) is 0. The van der Waals surface area contributed by atoms with E-state index in [1.807, 2.05) is 6.92 Å². The molecule has 1 aliphatic rings. The predicted molar refractivity (Wildman–Crippen MR) is 60.4 cm³/mol. The molecule has 0 aliphatic heterocycles. The van der Waals surface area contributed by atoms with Crippen LogP contribution in [-0.2, 0) is 0 Å². The van der Waals surface area contributed by atoms with Gasteiger partial charge < -0.3 is 5.32 Å². The van der Waals surface area contributed by atoms with Gasteiger partial charge in [0, 0.05) is 11.6 Å². The quantitative estimate of drug-likeness (QED) is 0.830. The van der Waals surface area contributed by atoms with E-state index in [9.17, 15) is 8.78 Å². The van der Waals surface area contributed by atoms with Gasteiger partial charge in [-0.2, -0.15) is 0 Å². The molecule has 16 heavy (non-hydrogen) atoms. The Morgan fingerprint density at radius 3 is 2.50 bits per heavy atom. The third kappa shape index (κ3) is 1.84. The Morgan fingerprint density at radius 1 is 1.25 bits per heavy atom. The lowest BCUT2D eigenvalue weighted by Gasteiger charge is -2.13. The molecule has 1 N–H and O–H groups in total. The van der Waals surface area contributed by atoms with Gasteiger partial charge >= 0.3 is 0 Å². The minimum Gasteiger partial charge on any atom is -0.310 e. The van der Waals surface area contributed by atoms with Crippen molar-refractivity contribution in [3.8, 4) is 0 Å². The van der Waals surface area contributed by atoms with Crippen LogP contribution in [-0.4, -0.2) is 6.54 Å². The molecule has 0 fully saturated rings. The van der Waals surface area contributed by atoms with Gasteiger partial charge in [0.05, 0.1) is 0 Å². The summed E-state index contributed by atoms with van der Waals surface area (Å²) < 4.78 is 27.3. The van der Waals surface area contributed by atoms with E-state index in [4.69, 9.17) is 0 Å². The monoisotopic (exact) mass is 225 g/mol. The molecular weight excluding hydrogens is 208 g/mol. The highest BCUT2D eigenvalue weighted by Gasteiger charge is 2.32. The van der Waals surface area contributed by atoms with Crippen molar-refractivity contribution in [2.24, 2.45) is 0 Å². The zero-order valence-corrected chi connectivity index (χ0v) is 9.69. The van der Waals surface area contributed by atoms with Gasteiger partial charge in [-0.15, -0.1) is 0 Å². The van der Waals surface area contributed by atoms with E-state index in [-0.39, 0.29) is 23.6 Å². The van der Waals surface area contributed by atoms with Crippen molar-refractivity contribution in [2.45, 2.75) is 38.6 Å². The van der Waals surface area contributed by atoms with Crippen LogP contribution in [0.25, 0.3) is 0 Å². The Morgan fingerprint density at radius 2 is 1.88 bits per heavy atom. The fourth-order valence-corrected chi connectivity index (χ4v) is 2.53. The minimum atomic E-state index is -0.283. The Balaban J connectivity index is 2.36. The molecule has 0 amide bonds. The number of halogens is 2. The lowest BCUT2D eigenvalue weighted by Crippen LogP contribution is -2.20. The first-order valence-corrected chi connectivity index (χ1v) is 5.86. The van der Waals surface area contributed by atoms with Gasteiger partial charge in [-0.05, 0) is 43.0 Å². The van der Waals surface area contributed by atoms with E-state index in [0.717, 1.165) is 19.4 Å². The minimum absolute atomic E-state index is 0.0272. The lowest BCUT2D eigenvalue weighted by molar-refractivity contribution is 0.487. The summed E-state index contributed by atoms with van der Waals surface area (Å²) in [6.45, 7) is 4.86. The van der Waals surface area contributed by atoms with Crippen molar-refractivity contribution in [1.82, 2.24) is 5.32 Å². The fraction of sp³-hybridized carbons (Fsp3) is 0.538. The second kappa shape index (κ2) is 4.50. The summed E-state index contributed by atoms with van der Waals surface area (Å²) in [7, 11) is 0. The van der Waals surface area contributed by atoms with E-state index in [1.54, 1.807) is 0 Å². The van der Waals surface area contributed by atoms with Gasteiger partial charge in [0.1, 0.15) is 11.6 Å². The van der Waals surface area contributed by atoms with Crippen molar-refractivity contribution < 1.29 is 8.78 Å². The largest absolute Gasteiger partial charge is 0.310 e. The molecule has 1 aromatic carbocycles. The molecule has 0 bridgehead atoms. The van der Waals surface area contributed by atoms with Crippen molar-refractivity contribution in [3.05, 3.63) is 34.9 Å². The molecule has 0 saturated heterocycles. The fourth-order valence-electron chi connectivity index (χ4n) is 2.53. The molecule has 1 nitrogen and oxygen atoms in total. The Hall–Kier alpha value is -0.960. The third-order valence-electron chi connectivity index (χ3n) is 3.25. The van der Waals surface area contributed by atoms with Crippen LogP contribution in [0, 0.1) is 11.6 Å². The van der Waals surface area contributed by atoms with Gasteiger partial charge in [-0.3, -0.25) is 0 Å². The topological polar surface area (TPSA) is 12.0 Å². The Kier molecular flexibility index (Phi) is 3.24. The average molecular weight is 225 g/mol. The Labute approximate surface area is 94.9 Å². The molecule has 3 heteroatoms. The molecule has 2 unspecified atom stereocenters. The lowest BCUT2D eigenvalue weighted by atomic mass is 10.0. The van der Waals surface area contributed by atoms with Crippen molar-refractivity contribution >= 4 is 0 Å². The van der Waals surface area contributed by atoms with Crippen molar-refractivity contribution in [1.29, 1.82) is 0 Å². The highest BCUT2D eigenvalue weighted by Crippen LogP contribution is 2.42. The zero-order valence-electron chi connectivity index (χ0n) is 9.69. The van der Waals surface area contributed by atoms with Crippen LogP contribution in [0.1, 0.15) is 49.8 Å². The van der Waals surface area contributed by atoms with Crippen LogP contribution in [0.4, 0.5) is 8.78 Å². The molecule has 1 aromatic rings. The standard InChI is InChI=1S/C13H17F2N/c1-3-6-16-11-7-8(2)12-9(14)4-5-10(15)13(11)12/h4-5,8,11,16H,3,6-7H2,1-2H3. The molecule has 2 rings (SSSR count). The van der Waals surface area contributed by atoms with E-state index in [0.29, 0.717) is 11.1 Å². The van der Waals surface area contributed by atoms with E-state index >= 15 is 0 Å². The first-order valence-electron chi connectivity index (χ1n) is 5.86. The second-order valence-corrected chi connectivity index (χ2v) is 4.50. The summed E-state index contributed by atoms with van der Waals surface area (Å²) in [6.07, 6.45) is 1.78. The normalized spacial score (nSPS) is 23.5. The summed E-state index contributed by atoms with van der Waals surface area (Å²) in [5, 5.41) is 3.28. The smallest absolute Gasteiger partial charge is 0.128 e. The highest BCUT2D eigenvalue weighted by molar-refractivity contribution is 5.39. The van der Waals surface area contributed by atoms with Crippen LogP contribution in [0.15, 0.2) is 12.1 Å². The summed E-state index contributed by atoms with van der Waals surface area (Å²) in [5.74, 6) is -0.459. The van der Waals surface area contributed by atoms with Crippen LogP contribution in [0.3, 0.4) is 0 Å². The van der Waals surface area contributed by atoms with Crippen molar-refractivity contribution in [2.75, 3.05) is 6.54 Å². The number of nitrogens with one attached hydrogen (secondary N) is 1. The maximum Gasteiger partial charge on any atom is 0.128 e. The predicted octanol–water partition coefficient (Wildman–Crippen LogP) is 3.51. The van der Waals surface area contributed by atoms with Gasteiger partial charge in [-0.1, -0.05) is 13.8 Å². The maximum atomic E-state index is 13.7. The molecule has 2 atom stereocenters. The first-order chi connectivity index (χ1) is 7.65. The van der Waals surface area contributed by atoms with Gasteiger partial charge in [-0.25, -0.2) is 8.78 Å². The molecule has 0 radical (unpaired) electrons. The number of hydrogen-bond acceptors (Lipinski definition) is 1. The highest BCUT2D eigenvalue weighted by atomic mass is 19.1. The molecule has 0 aromatic heterocycles. The van der Waals surface area contributed by atoms with Gasteiger partial charge in [0.2, 0.25) is 0 Å². The summed E-state index contributed by atoms with van der Waals surface area (Å²) in [5.41, 5.74) is 1.11. The number of fused-ring (bicyclic) bond motifs is 1. The van der Waals surface area contributed by atoms with Crippen LogP contribution in [0.5, 0.6) is 0 Å². The number of hydrogen-bond donors (Lipinski definition) is 1. The van der Waals surface area contributed by atoms with Gasteiger partial charge in [0.15, 0.2) is 0 Å². The van der Waals surface area contributed by atoms with Crippen LogP contribution < -0.4 is 5.32 Å². The zero-order chi connectivity index (χ0) is 11.7. The number of rotatable bonds is 3. The summed E-state index contributed by atoms with van der Waals surface area (Å²) >= 11 is 0. The van der Waals surface area contributed by atoms with E-state index in [2.05, 4.69) is 12.2 Å². The third-order valence-corrected chi connectivity index (χ3v) is 3.25. The van der Waals surface area contributed by atoms with E-state index in [1.165, 1.54) is 12.1 Å². The van der Waals surface area contributed by atoms with Crippen LogP contribution >= 0.6 is 0 Å². The van der Waals surface area contributed by atoms with E-state index < -0.39 is 0 Å². The summed E-state index contributed by atoms with van der Waals surface area (Å²) in [6, 6.07) is 2.43. The first kappa shape index (κ1) is 11.5. The molecule has 0 spiro atoms. The molecule has 88 valence electrons. The maximum absolute atomic E-state index is 13.7. The molecule has 1 aliphatic carbocycles. The molecular formula is C13H17F2N. The average Bonchev–Trinajstić information content (AvgIpc) is 2.59. The van der Waals surface area contributed by atoms with Crippen molar-refractivity contribution in [3.63, 3.8) is 0 Å². The SMILES string of the molecule is CCCNC1CC(C)c2c(F)ccc(F)c21. The number of benzene rings is 1.